The third-order valence-electron chi connectivity index (χ3n) is 2.72. The molecule has 1 atom stereocenters. The van der Waals surface area contributed by atoms with E-state index in [0.717, 1.165) is 25.1 Å². The molecule has 1 aliphatic rings. The first kappa shape index (κ1) is 11.9. The number of hydrogen-bond donors (Lipinski definition) is 2. The van der Waals surface area contributed by atoms with Crippen LogP contribution >= 0.6 is 0 Å². The molecular weight excluding hydrogens is 218 g/mol. The van der Waals surface area contributed by atoms with Gasteiger partial charge in [-0.25, -0.2) is 4.98 Å². The summed E-state index contributed by atoms with van der Waals surface area (Å²) in [5.41, 5.74) is 6.86. The van der Waals surface area contributed by atoms with E-state index in [1.807, 2.05) is 13.0 Å². The molecule has 0 aliphatic carbocycles. The van der Waals surface area contributed by atoms with Crippen LogP contribution in [0, 0.1) is 12.3 Å². The van der Waals surface area contributed by atoms with Gasteiger partial charge in [-0.1, -0.05) is 0 Å². The summed E-state index contributed by atoms with van der Waals surface area (Å²) in [6.45, 7) is 3.15. The standard InChI is InChI=1S/C12H17N3O2/c1-8-4-5-10(11(13)14)12(15-8)17-7-9-3-2-6-16-9/h4-5,9H,2-3,6-7H2,1H3,(H3,13,14). The highest BCUT2D eigenvalue weighted by Gasteiger charge is 2.17. The lowest BCUT2D eigenvalue weighted by atomic mass is 10.2. The summed E-state index contributed by atoms with van der Waals surface area (Å²) < 4.78 is 11.1. The number of ether oxygens (including phenoxy) is 2. The van der Waals surface area contributed by atoms with E-state index in [4.69, 9.17) is 20.6 Å². The molecule has 1 aromatic heterocycles. The van der Waals surface area contributed by atoms with Gasteiger partial charge in [0.05, 0.1) is 11.7 Å². The van der Waals surface area contributed by atoms with Crippen LogP contribution in [-0.2, 0) is 4.74 Å². The third kappa shape index (κ3) is 2.94. The van der Waals surface area contributed by atoms with E-state index < -0.39 is 0 Å². The van der Waals surface area contributed by atoms with Gasteiger partial charge in [-0.3, -0.25) is 5.41 Å². The topological polar surface area (TPSA) is 81.2 Å². The van der Waals surface area contributed by atoms with Gasteiger partial charge in [0.1, 0.15) is 12.4 Å². The molecule has 0 amide bonds. The number of aromatic nitrogens is 1. The number of amidine groups is 1. The maximum Gasteiger partial charge on any atom is 0.224 e. The molecule has 3 N–H and O–H groups in total. The molecule has 2 rings (SSSR count). The first-order chi connectivity index (χ1) is 8.16. The highest BCUT2D eigenvalue weighted by atomic mass is 16.5. The molecule has 1 saturated heterocycles. The molecule has 0 radical (unpaired) electrons. The quantitative estimate of drug-likeness (QED) is 0.607. The van der Waals surface area contributed by atoms with Crippen LogP contribution in [0.2, 0.25) is 0 Å². The molecule has 5 heteroatoms. The Balaban J connectivity index is 2.07. The predicted molar refractivity (Wildman–Crippen MR) is 64.5 cm³/mol. The van der Waals surface area contributed by atoms with E-state index in [1.165, 1.54) is 0 Å². The van der Waals surface area contributed by atoms with Crippen molar-refractivity contribution in [3.8, 4) is 5.88 Å². The number of nitrogens with one attached hydrogen (secondary N) is 1. The Morgan fingerprint density at radius 3 is 3.12 bits per heavy atom. The molecule has 2 heterocycles. The largest absolute Gasteiger partial charge is 0.474 e. The molecular formula is C12H17N3O2. The smallest absolute Gasteiger partial charge is 0.224 e. The van der Waals surface area contributed by atoms with Crippen LogP contribution in [0.25, 0.3) is 0 Å². The van der Waals surface area contributed by atoms with E-state index in [-0.39, 0.29) is 11.9 Å². The Kier molecular flexibility index (Phi) is 3.58. The minimum absolute atomic E-state index is 0.0279. The van der Waals surface area contributed by atoms with Crippen LogP contribution in [0.15, 0.2) is 12.1 Å². The lowest BCUT2D eigenvalue weighted by molar-refractivity contribution is 0.0662. The van der Waals surface area contributed by atoms with Gasteiger partial charge in [0, 0.05) is 12.3 Å². The lowest BCUT2D eigenvalue weighted by Gasteiger charge is -2.13. The van der Waals surface area contributed by atoms with Crippen LogP contribution in [0.1, 0.15) is 24.1 Å². The fourth-order valence-corrected chi connectivity index (χ4v) is 1.80. The molecule has 0 spiro atoms. The molecule has 1 unspecified atom stereocenters. The van der Waals surface area contributed by atoms with Crippen molar-refractivity contribution in [2.45, 2.75) is 25.9 Å². The number of nitrogens with zero attached hydrogens (tertiary/aromatic N) is 1. The normalized spacial score (nSPS) is 19.2. The van der Waals surface area contributed by atoms with E-state index in [1.54, 1.807) is 6.07 Å². The van der Waals surface area contributed by atoms with Crippen LogP contribution in [0.5, 0.6) is 5.88 Å². The van der Waals surface area contributed by atoms with E-state index in [0.29, 0.717) is 18.1 Å². The Labute approximate surface area is 100 Å². The first-order valence-corrected chi connectivity index (χ1v) is 5.73. The highest BCUT2D eigenvalue weighted by Crippen LogP contribution is 2.18. The molecule has 92 valence electrons. The van der Waals surface area contributed by atoms with Gasteiger partial charge >= 0.3 is 0 Å². The van der Waals surface area contributed by atoms with Crippen molar-refractivity contribution in [1.82, 2.24) is 4.98 Å². The van der Waals surface area contributed by atoms with Crippen molar-refractivity contribution in [3.05, 3.63) is 23.4 Å². The van der Waals surface area contributed by atoms with Gasteiger partial charge < -0.3 is 15.2 Å². The van der Waals surface area contributed by atoms with E-state index in [9.17, 15) is 0 Å². The van der Waals surface area contributed by atoms with Gasteiger partial charge in [0.15, 0.2) is 0 Å². The van der Waals surface area contributed by atoms with Crippen molar-refractivity contribution in [2.75, 3.05) is 13.2 Å². The second-order valence-corrected chi connectivity index (χ2v) is 4.17. The molecule has 0 saturated carbocycles. The molecule has 0 aromatic carbocycles. The fraction of sp³-hybridized carbons (Fsp3) is 0.500. The summed E-state index contributed by atoms with van der Waals surface area (Å²) in [7, 11) is 0. The number of nitrogens with two attached hydrogens (primary N) is 1. The third-order valence-corrected chi connectivity index (χ3v) is 2.72. The summed E-state index contributed by atoms with van der Waals surface area (Å²) in [6, 6.07) is 3.57. The van der Waals surface area contributed by atoms with Crippen molar-refractivity contribution >= 4 is 5.84 Å². The first-order valence-electron chi connectivity index (χ1n) is 5.73. The Hall–Kier alpha value is -1.62. The lowest BCUT2D eigenvalue weighted by Crippen LogP contribution is -2.20. The molecule has 5 nitrogen and oxygen atoms in total. The minimum atomic E-state index is -0.0279. The van der Waals surface area contributed by atoms with Gasteiger partial charge in [-0.15, -0.1) is 0 Å². The van der Waals surface area contributed by atoms with Crippen LogP contribution in [0.4, 0.5) is 0 Å². The van der Waals surface area contributed by atoms with Crippen molar-refractivity contribution in [1.29, 1.82) is 5.41 Å². The zero-order valence-corrected chi connectivity index (χ0v) is 9.90. The fourth-order valence-electron chi connectivity index (χ4n) is 1.80. The number of aryl methyl sites for hydroxylation is 1. The van der Waals surface area contributed by atoms with Crippen molar-refractivity contribution in [3.63, 3.8) is 0 Å². The molecule has 0 bridgehead atoms. The van der Waals surface area contributed by atoms with Gasteiger partial charge in [0.25, 0.3) is 0 Å². The Bertz CT molecular complexity index is 414. The molecule has 1 aliphatic heterocycles. The maximum absolute atomic E-state index is 7.46. The van der Waals surface area contributed by atoms with Gasteiger partial charge in [-0.2, -0.15) is 0 Å². The summed E-state index contributed by atoms with van der Waals surface area (Å²) in [4.78, 5) is 4.26. The predicted octanol–water partition coefficient (Wildman–Crippen LogP) is 1.23. The van der Waals surface area contributed by atoms with Crippen LogP contribution < -0.4 is 10.5 Å². The highest BCUT2D eigenvalue weighted by molar-refractivity contribution is 5.97. The maximum atomic E-state index is 7.46. The zero-order chi connectivity index (χ0) is 12.3. The number of nitrogen functional groups attached to an aromatic ring is 1. The number of rotatable bonds is 4. The Morgan fingerprint density at radius 2 is 2.47 bits per heavy atom. The molecule has 1 fully saturated rings. The SMILES string of the molecule is Cc1ccc(C(=N)N)c(OCC2CCCO2)n1. The van der Waals surface area contributed by atoms with Crippen molar-refractivity contribution < 1.29 is 9.47 Å². The van der Waals surface area contributed by atoms with E-state index in [2.05, 4.69) is 4.98 Å². The monoisotopic (exact) mass is 235 g/mol. The van der Waals surface area contributed by atoms with Crippen LogP contribution in [0.3, 0.4) is 0 Å². The average Bonchev–Trinajstić information content (AvgIpc) is 2.78. The second kappa shape index (κ2) is 5.14. The number of pyridine rings is 1. The summed E-state index contributed by atoms with van der Waals surface area (Å²) >= 11 is 0. The molecule has 1 aromatic rings. The minimum Gasteiger partial charge on any atom is -0.474 e. The summed E-state index contributed by atoms with van der Waals surface area (Å²) in [6.07, 6.45) is 2.23. The van der Waals surface area contributed by atoms with Gasteiger partial charge in [0.2, 0.25) is 5.88 Å². The van der Waals surface area contributed by atoms with Gasteiger partial charge in [-0.05, 0) is 31.9 Å². The van der Waals surface area contributed by atoms with Crippen LogP contribution in [-0.4, -0.2) is 30.1 Å². The van der Waals surface area contributed by atoms with Crippen molar-refractivity contribution in [2.24, 2.45) is 5.73 Å². The zero-order valence-electron chi connectivity index (χ0n) is 9.90. The second-order valence-electron chi connectivity index (χ2n) is 4.17. The number of hydrogen-bond acceptors (Lipinski definition) is 4. The summed E-state index contributed by atoms with van der Waals surface area (Å²) in [5, 5.41) is 7.46. The average molecular weight is 235 g/mol. The molecule has 17 heavy (non-hydrogen) atoms. The summed E-state index contributed by atoms with van der Waals surface area (Å²) in [5.74, 6) is 0.396. The Morgan fingerprint density at radius 1 is 1.65 bits per heavy atom. The van der Waals surface area contributed by atoms with E-state index >= 15 is 0 Å².